The van der Waals surface area contributed by atoms with Crippen molar-refractivity contribution in [2.45, 2.75) is 51.1 Å². The zero-order valence-corrected chi connectivity index (χ0v) is 10.5. The molecule has 1 amide bonds. The molecule has 0 aromatic carbocycles. The third-order valence-corrected chi connectivity index (χ3v) is 3.17. The summed E-state index contributed by atoms with van der Waals surface area (Å²) in [5, 5.41) is 2.56. The molecule has 0 aromatic heterocycles. The van der Waals surface area contributed by atoms with Crippen molar-refractivity contribution in [3.8, 4) is 0 Å². The third-order valence-electron chi connectivity index (χ3n) is 2.97. The average Bonchev–Trinajstić information content (AvgIpc) is 2.18. The zero-order valence-electron chi connectivity index (χ0n) is 9.79. The molecule has 1 heterocycles. The second-order valence-electron chi connectivity index (χ2n) is 4.53. The number of carbonyl (C=O) groups excluding carboxylic acids is 1. The van der Waals surface area contributed by atoms with Crippen LogP contribution < -0.4 is 5.32 Å². The van der Waals surface area contributed by atoms with Crippen molar-refractivity contribution >= 4 is 17.5 Å². The standard InChI is InChI=1S/C11H21ClN2O/c1-8(2)14-6-4-10(5-7-14)13-11(15)9(3)12/h8-10H,4-7H2,1-3H3,(H,13,15). The fourth-order valence-electron chi connectivity index (χ4n) is 1.88. The minimum Gasteiger partial charge on any atom is -0.352 e. The fourth-order valence-corrected chi connectivity index (χ4v) is 1.94. The van der Waals surface area contributed by atoms with Gasteiger partial charge in [-0.2, -0.15) is 0 Å². The van der Waals surface area contributed by atoms with Crippen molar-refractivity contribution in [3.05, 3.63) is 0 Å². The molecule has 0 aromatic rings. The second kappa shape index (κ2) is 5.71. The molecule has 1 fully saturated rings. The number of halogens is 1. The molecule has 1 unspecified atom stereocenters. The molecule has 0 aliphatic carbocycles. The van der Waals surface area contributed by atoms with Gasteiger partial charge in [0, 0.05) is 25.2 Å². The van der Waals surface area contributed by atoms with Gasteiger partial charge < -0.3 is 10.2 Å². The maximum atomic E-state index is 11.4. The van der Waals surface area contributed by atoms with Crippen molar-refractivity contribution in [2.24, 2.45) is 0 Å². The van der Waals surface area contributed by atoms with Gasteiger partial charge in [0.05, 0.1) is 0 Å². The number of hydrogen-bond donors (Lipinski definition) is 1. The molecule has 0 spiro atoms. The Hall–Kier alpha value is -0.280. The summed E-state index contributed by atoms with van der Waals surface area (Å²) in [4.78, 5) is 13.8. The molecule has 15 heavy (non-hydrogen) atoms. The Balaban J connectivity index is 2.29. The van der Waals surface area contributed by atoms with Gasteiger partial charge >= 0.3 is 0 Å². The monoisotopic (exact) mass is 232 g/mol. The number of likely N-dealkylation sites (tertiary alicyclic amines) is 1. The van der Waals surface area contributed by atoms with Crippen molar-refractivity contribution in [1.82, 2.24) is 10.2 Å². The molecule has 88 valence electrons. The molecule has 1 rings (SSSR count). The highest BCUT2D eigenvalue weighted by atomic mass is 35.5. The van der Waals surface area contributed by atoms with Gasteiger partial charge in [0.1, 0.15) is 5.38 Å². The van der Waals surface area contributed by atoms with Crippen LogP contribution in [0.3, 0.4) is 0 Å². The predicted octanol–water partition coefficient (Wildman–Crippen LogP) is 1.60. The van der Waals surface area contributed by atoms with E-state index in [1.165, 1.54) is 0 Å². The largest absolute Gasteiger partial charge is 0.352 e. The summed E-state index contributed by atoms with van der Waals surface area (Å²) < 4.78 is 0. The average molecular weight is 233 g/mol. The lowest BCUT2D eigenvalue weighted by atomic mass is 10.0. The van der Waals surface area contributed by atoms with E-state index in [1.54, 1.807) is 6.92 Å². The van der Waals surface area contributed by atoms with Crippen molar-refractivity contribution in [3.63, 3.8) is 0 Å². The van der Waals surface area contributed by atoms with Gasteiger partial charge in [0.15, 0.2) is 0 Å². The zero-order chi connectivity index (χ0) is 11.4. The van der Waals surface area contributed by atoms with Gasteiger partial charge in [0.2, 0.25) is 5.91 Å². The number of rotatable bonds is 3. The van der Waals surface area contributed by atoms with Crippen LogP contribution in [0.15, 0.2) is 0 Å². The highest BCUT2D eigenvalue weighted by Gasteiger charge is 2.22. The quantitative estimate of drug-likeness (QED) is 0.750. The van der Waals surface area contributed by atoms with Crippen LogP contribution in [0.5, 0.6) is 0 Å². The summed E-state index contributed by atoms with van der Waals surface area (Å²) in [5.41, 5.74) is 0. The lowest BCUT2D eigenvalue weighted by Crippen LogP contribution is -2.47. The Kier molecular flexibility index (Phi) is 4.87. The van der Waals surface area contributed by atoms with Crippen LogP contribution in [0.4, 0.5) is 0 Å². The molecule has 1 N–H and O–H groups in total. The summed E-state index contributed by atoms with van der Waals surface area (Å²) in [5.74, 6) is -0.0420. The van der Waals surface area contributed by atoms with Crippen molar-refractivity contribution < 1.29 is 4.79 Å². The molecule has 4 heteroatoms. The first-order valence-corrected chi connectivity index (χ1v) is 6.13. The second-order valence-corrected chi connectivity index (χ2v) is 5.18. The van der Waals surface area contributed by atoms with E-state index in [0.717, 1.165) is 25.9 Å². The van der Waals surface area contributed by atoms with E-state index >= 15 is 0 Å². The van der Waals surface area contributed by atoms with Gasteiger partial charge in [-0.1, -0.05) is 0 Å². The highest BCUT2D eigenvalue weighted by Crippen LogP contribution is 2.13. The number of carbonyl (C=O) groups is 1. The van der Waals surface area contributed by atoms with Gasteiger partial charge in [-0.15, -0.1) is 11.6 Å². The van der Waals surface area contributed by atoms with E-state index in [9.17, 15) is 4.79 Å². The molecule has 1 saturated heterocycles. The molecule has 0 radical (unpaired) electrons. The summed E-state index contributed by atoms with van der Waals surface area (Å²) in [6.07, 6.45) is 2.07. The van der Waals surface area contributed by atoms with Crippen molar-refractivity contribution in [2.75, 3.05) is 13.1 Å². The minimum atomic E-state index is -0.423. The van der Waals surface area contributed by atoms with E-state index in [2.05, 4.69) is 24.1 Å². The maximum Gasteiger partial charge on any atom is 0.237 e. The van der Waals surface area contributed by atoms with Gasteiger partial charge in [-0.3, -0.25) is 4.79 Å². The molecule has 0 saturated carbocycles. The normalized spacial score (nSPS) is 21.7. The number of nitrogens with one attached hydrogen (secondary N) is 1. The molecular weight excluding hydrogens is 212 g/mol. The lowest BCUT2D eigenvalue weighted by molar-refractivity contribution is -0.121. The number of nitrogens with zero attached hydrogens (tertiary/aromatic N) is 1. The Bertz CT molecular complexity index is 211. The third kappa shape index (κ3) is 3.99. The smallest absolute Gasteiger partial charge is 0.237 e. The number of amides is 1. The van der Waals surface area contributed by atoms with E-state index in [4.69, 9.17) is 11.6 Å². The van der Waals surface area contributed by atoms with Crippen LogP contribution in [0.1, 0.15) is 33.6 Å². The first-order chi connectivity index (χ1) is 7.00. The SMILES string of the molecule is CC(Cl)C(=O)NC1CCN(C(C)C)CC1. The van der Waals surface area contributed by atoms with E-state index in [-0.39, 0.29) is 5.91 Å². The van der Waals surface area contributed by atoms with Crippen LogP contribution in [0.2, 0.25) is 0 Å². The molecule has 1 atom stereocenters. The Morgan fingerprint density at radius 1 is 1.33 bits per heavy atom. The summed E-state index contributed by atoms with van der Waals surface area (Å²) in [7, 11) is 0. The highest BCUT2D eigenvalue weighted by molar-refractivity contribution is 6.30. The first kappa shape index (κ1) is 12.8. The van der Waals surface area contributed by atoms with Gasteiger partial charge in [-0.05, 0) is 33.6 Å². The van der Waals surface area contributed by atoms with Crippen molar-refractivity contribution in [1.29, 1.82) is 0 Å². The van der Waals surface area contributed by atoms with E-state index in [0.29, 0.717) is 12.1 Å². The Morgan fingerprint density at radius 3 is 2.27 bits per heavy atom. The predicted molar refractivity (Wildman–Crippen MR) is 63.2 cm³/mol. The minimum absolute atomic E-state index is 0.0420. The molecule has 1 aliphatic rings. The number of piperidine rings is 1. The molecular formula is C11H21ClN2O. The van der Waals surface area contributed by atoms with E-state index < -0.39 is 5.38 Å². The number of alkyl halides is 1. The summed E-state index contributed by atoms with van der Waals surface area (Å²) >= 11 is 5.70. The van der Waals surface area contributed by atoms with Crippen LogP contribution >= 0.6 is 11.6 Å². The maximum absolute atomic E-state index is 11.4. The topological polar surface area (TPSA) is 32.3 Å². The molecule has 1 aliphatic heterocycles. The van der Waals surface area contributed by atoms with Crippen LogP contribution in [0, 0.1) is 0 Å². The van der Waals surface area contributed by atoms with E-state index in [1.807, 2.05) is 0 Å². The van der Waals surface area contributed by atoms with Crippen LogP contribution in [-0.2, 0) is 4.79 Å². The molecule has 0 bridgehead atoms. The van der Waals surface area contributed by atoms with Gasteiger partial charge in [-0.25, -0.2) is 0 Å². The summed E-state index contributed by atoms with van der Waals surface area (Å²) in [6, 6.07) is 0.919. The van der Waals surface area contributed by atoms with Crippen LogP contribution in [-0.4, -0.2) is 41.4 Å². The first-order valence-electron chi connectivity index (χ1n) is 5.69. The van der Waals surface area contributed by atoms with Gasteiger partial charge in [0.25, 0.3) is 0 Å². The molecule has 3 nitrogen and oxygen atoms in total. The fraction of sp³-hybridized carbons (Fsp3) is 0.909. The lowest BCUT2D eigenvalue weighted by Gasteiger charge is -2.35. The van der Waals surface area contributed by atoms with Crippen LogP contribution in [0.25, 0.3) is 0 Å². The Labute approximate surface area is 97.2 Å². The Morgan fingerprint density at radius 2 is 1.87 bits per heavy atom. The number of hydrogen-bond acceptors (Lipinski definition) is 2. The summed E-state index contributed by atoms with van der Waals surface area (Å²) in [6.45, 7) is 8.26.